The topological polar surface area (TPSA) is 55.4 Å². The zero-order valence-corrected chi connectivity index (χ0v) is 13.7. The molecule has 0 aliphatic carbocycles. The predicted octanol–water partition coefficient (Wildman–Crippen LogP) is 2.82. The van der Waals surface area contributed by atoms with Gasteiger partial charge in [0.25, 0.3) is 0 Å². The van der Waals surface area contributed by atoms with Crippen molar-refractivity contribution in [1.82, 2.24) is 4.72 Å². The molecule has 0 heterocycles. The Morgan fingerprint density at radius 2 is 2.11 bits per heavy atom. The molecule has 1 unspecified atom stereocenters. The van der Waals surface area contributed by atoms with Crippen LogP contribution in [0.15, 0.2) is 17.0 Å². The SMILES string of the molecule is COCC(Br)CNS(=O)(=O)c1ccc(Cl)c(F)c1Cl. The van der Waals surface area contributed by atoms with Crippen molar-refractivity contribution in [1.29, 1.82) is 0 Å². The number of ether oxygens (including phenoxy) is 1. The van der Waals surface area contributed by atoms with Crippen LogP contribution in [0.5, 0.6) is 0 Å². The maximum Gasteiger partial charge on any atom is 0.242 e. The molecular formula is C10H11BrCl2FNO3S. The number of halogens is 4. The van der Waals surface area contributed by atoms with Crippen LogP contribution in [0, 0.1) is 5.82 Å². The molecule has 0 aliphatic heterocycles. The molecule has 0 saturated heterocycles. The van der Waals surface area contributed by atoms with Crippen molar-refractivity contribution in [2.45, 2.75) is 9.72 Å². The largest absolute Gasteiger partial charge is 0.383 e. The highest BCUT2D eigenvalue weighted by atomic mass is 79.9. The maximum atomic E-state index is 13.5. The Kier molecular flexibility index (Phi) is 6.49. The number of methoxy groups -OCH3 is 1. The Morgan fingerprint density at radius 1 is 1.47 bits per heavy atom. The molecule has 0 aliphatic rings. The minimum atomic E-state index is -3.91. The molecule has 0 fully saturated rings. The van der Waals surface area contributed by atoms with E-state index < -0.39 is 20.9 Å². The Morgan fingerprint density at radius 3 is 2.68 bits per heavy atom. The molecule has 0 bridgehead atoms. The lowest BCUT2D eigenvalue weighted by Gasteiger charge is -2.12. The second-order valence-electron chi connectivity index (χ2n) is 3.58. The first-order valence-electron chi connectivity index (χ1n) is 5.05. The molecule has 1 atom stereocenters. The number of nitrogens with one attached hydrogen (secondary N) is 1. The summed E-state index contributed by atoms with van der Waals surface area (Å²) < 4.78 is 44.5. The summed E-state index contributed by atoms with van der Waals surface area (Å²) in [6, 6.07) is 2.29. The van der Waals surface area contributed by atoms with E-state index in [1.807, 2.05) is 0 Å². The quantitative estimate of drug-likeness (QED) is 0.596. The molecule has 1 aromatic rings. The summed E-state index contributed by atoms with van der Waals surface area (Å²) in [4.78, 5) is -0.559. The van der Waals surface area contributed by atoms with Crippen LogP contribution < -0.4 is 4.72 Å². The van der Waals surface area contributed by atoms with Crippen LogP contribution in [0.3, 0.4) is 0 Å². The van der Waals surface area contributed by atoms with Gasteiger partial charge in [-0.1, -0.05) is 39.1 Å². The van der Waals surface area contributed by atoms with E-state index in [0.717, 1.165) is 12.1 Å². The van der Waals surface area contributed by atoms with Crippen LogP contribution >= 0.6 is 39.1 Å². The number of hydrogen-bond donors (Lipinski definition) is 1. The van der Waals surface area contributed by atoms with E-state index in [1.165, 1.54) is 7.11 Å². The Balaban J connectivity index is 2.92. The standard InChI is InChI=1S/C10H11BrCl2FNO3S/c1-18-5-6(11)4-15-19(16,17)8-3-2-7(12)10(14)9(8)13/h2-3,6,15H,4-5H2,1H3. The van der Waals surface area contributed by atoms with E-state index in [0.29, 0.717) is 6.61 Å². The van der Waals surface area contributed by atoms with Crippen LogP contribution in [-0.4, -0.2) is 33.5 Å². The molecule has 4 nitrogen and oxygen atoms in total. The van der Waals surface area contributed by atoms with Gasteiger partial charge >= 0.3 is 0 Å². The number of alkyl halides is 1. The molecule has 19 heavy (non-hydrogen) atoms. The van der Waals surface area contributed by atoms with Gasteiger partial charge in [0.15, 0.2) is 5.82 Å². The fourth-order valence-corrected chi connectivity index (χ4v) is 3.70. The summed E-state index contributed by atoms with van der Waals surface area (Å²) in [5.41, 5.74) is 0. The summed E-state index contributed by atoms with van der Waals surface area (Å²) in [5.74, 6) is -0.960. The molecule has 9 heteroatoms. The second-order valence-corrected chi connectivity index (χ2v) is 7.39. The highest BCUT2D eigenvalue weighted by molar-refractivity contribution is 9.09. The van der Waals surface area contributed by atoms with Gasteiger partial charge in [0.2, 0.25) is 10.0 Å². The van der Waals surface area contributed by atoms with Crippen molar-refractivity contribution in [2.24, 2.45) is 0 Å². The molecule has 0 saturated carbocycles. The van der Waals surface area contributed by atoms with Gasteiger partial charge in [0.1, 0.15) is 4.90 Å². The third-order valence-corrected chi connectivity index (χ3v) is 4.96. The number of hydrogen-bond acceptors (Lipinski definition) is 3. The first-order chi connectivity index (χ1) is 8.79. The summed E-state index contributed by atoms with van der Waals surface area (Å²) in [6.45, 7) is 0.405. The summed E-state index contributed by atoms with van der Waals surface area (Å²) in [6.07, 6.45) is 0. The lowest BCUT2D eigenvalue weighted by molar-refractivity contribution is 0.201. The van der Waals surface area contributed by atoms with Crippen LogP contribution in [-0.2, 0) is 14.8 Å². The maximum absolute atomic E-state index is 13.5. The van der Waals surface area contributed by atoms with E-state index in [4.69, 9.17) is 27.9 Å². The van der Waals surface area contributed by atoms with Crippen molar-refractivity contribution in [3.63, 3.8) is 0 Å². The number of sulfonamides is 1. The number of rotatable bonds is 6. The van der Waals surface area contributed by atoms with Crippen molar-refractivity contribution >= 4 is 49.2 Å². The summed E-state index contributed by atoms with van der Waals surface area (Å²) >= 11 is 14.4. The molecule has 0 spiro atoms. The normalized spacial score (nSPS) is 13.5. The van der Waals surface area contributed by atoms with Crippen LogP contribution in [0.1, 0.15) is 0 Å². The Bertz CT molecular complexity index is 556. The highest BCUT2D eigenvalue weighted by Crippen LogP contribution is 2.29. The highest BCUT2D eigenvalue weighted by Gasteiger charge is 2.22. The summed E-state index contributed by atoms with van der Waals surface area (Å²) in [5, 5.41) is -0.764. The Labute approximate surface area is 129 Å². The average Bonchev–Trinajstić information content (AvgIpc) is 2.34. The van der Waals surface area contributed by atoms with Gasteiger partial charge in [0.05, 0.1) is 21.5 Å². The molecule has 1 N–H and O–H groups in total. The monoisotopic (exact) mass is 393 g/mol. The molecule has 0 radical (unpaired) electrons. The van der Waals surface area contributed by atoms with Gasteiger partial charge in [-0.3, -0.25) is 0 Å². The smallest absolute Gasteiger partial charge is 0.242 e. The van der Waals surface area contributed by atoms with Crippen LogP contribution in [0.4, 0.5) is 4.39 Å². The van der Waals surface area contributed by atoms with Gasteiger partial charge in [0, 0.05) is 13.7 Å². The first kappa shape index (κ1) is 17.1. The average molecular weight is 395 g/mol. The van der Waals surface area contributed by atoms with Gasteiger partial charge in [-0.05, 0) is 12.1 Å². The molecule has 1 rings (SSSR count). The van der Waals surface area contributed by atoms with Crippen molar-refractivity contribution < 1.29 is 17.5 Å². The van der Waals surface area contributed by atoms with Crippen molar-refractivity contribution in [2.75, 3.05) is 20.3 Å². The van der Waals surface area contributed by atoms with Crippen molar-refractivity contribution in [3.05, 3.63) is 28.0 Å². The van der Waals surface area contributed by atoms with Gasteiger partial charge < -0.3 is 4.74 Å². The minimum absolute atomic E-state index is 0.0801. The van der Waals surface area contributed by atoms with Crippen LogP contribution in [0.2, 0.25) is 10.0 Å². The molecule has 1 aromatic carbocycles. The van der Waals surface area contributed by atoms with E-state index in [2.05, 4.69) is 20.7 Å². The summed E-state index contributed by atoms with van der Waals surface area (Å²) in [7, 11) is -2.42. The van der Waals surface area contributed by atoms with Gasteiger partial charge in [-0.25, -0.2) is 17.5 Å². The fourth-order valence-electron chi connectivity index (χ4n) is 1.23. The third kappa shape index (κ3) is 4.54. The fraction of sp³-hybridized carbons (Fsp3) is 0.400. The molecular weight excluding hydrogens is 384 g/mol. The van der Waals surface area contributed by atoms with Gasteiger partial charge in [-0.2, -0.15) is 0 Å². The van der Waals surface area contributed by atoms with E-state index in [1.54, 1.807) is 0 Å². The molecule has 0 amide bonds. The molecule has 0 aromatic heterocycles. The minimum Gasteiger partial charge on any atom is -0.383 e. The number of benzene rings is 1. The zero-order valence-electron chi connectivity index (χ0n) is 9.79. The van der Waals surface area contributed by atoms with E-state index in [9.17, 15) is 12.8 Å². The van der Waals surface area contributed by atoms with Crippen LogP contribution in [0.25, 0.3) is 0 Å². The zero-order chi connectivity index (χ0) is 14.6. The third-order valence-electron chi connectivity index (χ3n) is 2.13. The van der Waals surface area contributed by atoms with E-state index in [-0.39, 0.29) is 21.3 Å². The Hall–Kier alpha value is 0.0800. The lowest BCUT2D eigenvalue weighted by atomic mass is 10.3. The first-order valence-corrected chi connectivity index (χ1v) is 8.21. The van der Waals surface area contributed by atoms with Gasteiger partial charge in [-0.15, -0.1) is 0 Å². The van der Waals surface area contributed by atoms with Crippen molar-refractivity contribution in [3.8, 4) is 0 Å². The lowest BCUT2D eigenvalue weighted by Crippen LogP contribution is -2.31. The molecule has 108 valence electrons. The predicted molar refractivity (Wildman–Crippen MR) is 76.2 cm³/mol. The second kappa shape index (κ2) is 7.19. The van der Waals surface area contributed by atoms with E-state index >= 15 is 0 Å².